The van der Waals surface area contributed by atoms with Crippen LogP contribution in [0.25, 0.3) is 0 Å². The van der Waals surface area contributed by atoms with E-state index in [9.17, 15) is 8.42 Å². The van der Waals surface area contributed by atoms with Crippen LogP contribution in [0.4, 0.5) is 0 Å². The SMILES string of the molecule is CC[C@@](C)(NS(C)(=O)=O)c1ccccc1. The highest BCUT2D eigenvalue weighted by atomic mass is 32.2. The van der Waals surface area contributed by atoms with Crippen LogP contribution in [0.3, 0.4) is 0 Å². The molecule has 4 heteroatoms. The highest BCUT2D eigenvalue weighted by molar-refractivity contribution is 7.88. The molecule has 0 saturated carbocycles. The normalized spacial score (nSPS) is 15.9. The van der Waals surface area contributed by atoms with Crippen LogP contribution in [-0.4, -0.2) is 14.7 Å². The second kappa shape index (κ2) is 4.33. The van der Waals surface area contributed by atoms with E-state index in [1.165, 1.54) is 6.26 Å². The van der Waals surface area contributed by atoms with Crippen molar-refractivity contribution in [2.45, 2.75) is 25.8 Å². The van der Waals surface area contributed by atoms with Gasteiger partial charge in [0.2, 0.25) is 10.0 Å². The summed E-state index contributed by atoms with van der Waals surface area (Å²) in [6, 6.07) is 9.60. The maximum absolute atomic E-state index is 11.3. The molecule has 0 aliphatic rings. The number of hydrogen-bond acceptors (Lipinski definition) is 2. The number of hydrogen-bond donors (Lipinski definition) is 1. The Morgan fingerprint density at radius 3 is 2.20 bits per heavy atom. The number of nitrogens with one attached hydrogen (secondary N) is 1. The zero-order valence-electron chi connectivity index (χ0n) is 9.32. The lowest BCUT2D eigenvalue weighted by Gasteiger charge is -2.29. The van der Waals surface area contributed by atoms with Gasteiger partial charge in [-0.25, -0.2) is 13.1 Å². The lowest BCUT2D eigenvalue weighted by molar-refractivity contribution is 0.419. The van der Waals surface area contributed by atoms with Crippen molar-refractivity contribution in [3.63, 3.8) is 0 Å². The molecule has 1 atom stereocenters. The van der Waals surface area contributed by atoms with E-state index >= 15 is 0 Å². The van der Waals surface area contributed by atoms with E-state index < -0.39 is 15.6 Å². The molecule has 1 aromatic carbocycles. The Morgan fingerprint density at radius 2 is 1.80 bits per heavy atom. The summed E-state index contributed by atoms with van der Waals surface area (Å²) in [5.41, 5.74) is 0.465. The summed E-state index contributed by atoms with van der Waals surface area (Å²) in [6.45, 7) is 3.86. The number of sulfonamides is 1. The molecule has 3 nitrogen and oxygen atoms in total. The average Bonchev–Trinajstić information content (AvgIpc) is 2.16. The molecular weight excluding hydrogens is 210 g/mol. The Morgan fingerprint density at radius 1 is 1.27 bits per heavy atom. The minimum atomic E-state index is -3.19. The van der Waals surface area contributed by atoms with Crippen LogP contribution in [0.5, 0.6) is 0 Å². The van der Waals surface area contributed by atoms with E-state index in [-0.39, 0.29) is 0 Å². The Balaban J connectivity index is 3.06. The zero-order chi connectivity index (χ0) is 11.5. The molecule has 1 rings (SSSR count). The summed E-state index contributed by atoms with van der Waals surface area (Å²) in [5.74, 6) is 0. The summed E-state index contributed by atoms with van der Waals surface area (Å²) in [5, 5.41) is 0. The van der Waals surface area contributed by atoms with Crippen LogP contribution in [0.1, 0.15) is 25.8 Å². The summed E-state index contributed by atoms with van der Waals surface area (Å²) < 4.78 is 25.2. The van der Waals surface area contributed by atoms with E-state index in [0.29, 0.717) is 6.42 Å². The van der Waals surface area contributed by atoms with E-state index in [0.717, 1.165) is 5.56 Å². The molecule has 0 spiro atoms. The summed E-state index contributed by atoms with van der Waals surface area (Å²) in [4.78, 5) is 0. The molecule has 0 bridgehead atoms. The molecule has 0 radical (unpaired) electrons. The molecule has 15 heavy (non-hydrogen) atoms. The van der Waals surface area contributed by atoms with Crippen molar-refractivity contribution in [1.29, 1.82) is 0 Å². The highest BCUT2D eigenvalue weighted by Crippen LogP contribution is 2.24. The molecule has 0 heterocycles. The van der Waals surface area contributed by atoms with E-state index in [1.807, 2.05) is 44.2 Å². The quantitative estimate of drug-likeness (QED) is 0.853. The van der Waals surface area contributed by atoms with Gasteiger partial charge in [-0.05, 0) is 18.9 Å². The lowest BCUT2D eigenvalue weighted by atomic mass is 9.91. The van der Waals surface area contributed by atoms with E-state index in [2.05, 4.69) is 4.72 Å². The van der Waals surface area contributed by atoms with Gasteiger partial charge in [0, 0.05) is 0 Å². The van der Waals surface area contributed by atoms with Gasteiger partial charge < -0.3 is 0 Å². The molecular formula is C11H17NO2S. The average molecular weight is 227 g/mol. The molecule has 0 aliphatic carbocycles. The Labute approximate surface area is 91.6 Å². The molecule has 1 N–H and O–H groups in total. The zero-order valence-corrected chi connectivity index (χ0v) is 10.1. The smallest absolute Gasteiger partial charge is 0.209 e. The molecule has 0 unspecified atom stereocenters. The topological polar surface area (TPSA) is 46.2 Å². The fourth-order valence-electron chi connectivity index (χ4n) is 1.55. The van der Waals surface area contributed by atoms with Crippen LogP contribution in [0.15, 0.2) is 30.3 Å². The molecule has 1 aromatic rings. The third-order valence-electron chi connectivity index (χ3n) is 2.53. The monoisotopic (exact) mass is 227 g/mol. The first-order chi connectivity index (χ1) is 6.87. The Hall–Kier alpha value is -0.870. The first-order valence-corrected chi connectivity index (χ1v) is 6.81. The van der Waals surface area contributed by atoms with Crippen LogP contribution in [-0.2, 0) is 15.6 Å². The summed E-state index contributed by atoms with van der Waals surface area (Å²) in [6.07, 6.45) is 1.90. The van der Waals surface area contributed by atoms with Crippen molar-refractivity contribution < 1.29 is 8.42 Å². The number of benzene rings is 1. The van der Waals surface area contributed by atoms with Crippen LogP contribution in [0.2, 0.25) is 0 Å². The Bertz CT molecular complexity index is 413. The van der Waals surface area contributed by atoms with Crippen molar-refractivity contribution in [1.82, 2.24) is 4.72 Å². The second-order valence-electron chi connectivity index (χ2n) is 3.93. The molecule has 0 aliphatic heterocycles. The van der Waals surface area contributed by atoms with Crippen molar-refractivity contribution >= 4 is 10.0 Å². The predicted molar refractivity (Wildman–Crippen MR) is 62.1 cm³/mol. The van der Waals surface area contributed by atoms with Gasteiger partial charge in [-0.1, -0.05) is 37.3 Å². The summed E-state index contributed by atoms with van der Waals surface area (Å²) in [7, 11) is -3.19. The number of rotatable bonds is 4. The largest absolute Gasteiger partial charge is 0.213 e. The van der Waals surface area contributed by atoms with Crippen LogP contribution in [0, 0.1) is 0 Å². The first-order valence-electron chi connectivity index (χ1n) is 4.92. The molecule has 0 fully saturated rings. The first kappa shape index (κ1) is 12.2. The maximum atomic E-state index is 11.3. The maximum Gasteiger partial charge on any atom is 0.209 e. The lowest BCUT2D eigenvalue weighted by Crippen LogP contribution is -2.42. The minimum absolute atomic E-state index is 0.519. The van der Waals surface area contributed by atoms with Gasteiger partial charge in [-0.3, -0.25) is 0 Å². The van der Waals surface area contributed by atoms with Gasteiger partial charge in [-0.2, -0.15) is 0 Å². The van der Waals surface area contributed by atoms with Gasteiger partial charge in [-0.15, -0.1) is 0 Å². The molecule has 84 valence electrons. The van der Waals surface area contributed by atoms with E-state index in [1.54, 1.807) is 0 Å². The van der Waals surface area contributed by atoms with E-state index in [4.69, 9.17) is 0 Å². The van der Waals surface area contributed by atoms with Gasteiger partial charge in [0.15, 0.2) is 0 Å². The van der Waals surface area contributed by atoms with Gasteiger partial charge in [0.1, 0.15) is 0 Å². The fraction of sp³-hybridized carbons (Fsp3) is 0.455. The third kappa shape index (κ3) is 3.32. The minimum Gasteiger partial charge on any atom is -0.213 e. The molecule has 0 amide bonds. The van der Waals surface area contributed by atoms with Crippen molar-refractivity contribution in [3.8, 4) is 0 Å². The van der Waals surface area contributed by atoms with Crippen LogP contribution >= 0.6 is 0 Å². The van der Waals surface area contributed by atoms with Crippen molar-refractivity contribution in [2.24, 2.45) is 0 Å². The highest BCUT2D eigenvalue weighted by Gasteiger charge is 2.27. The third-order valence-corrected chi connectivity index (χ3v) is 3.35. The molecule has 0 saturated heterocycles. The summed E-state index contributed by atoms with van der Waals surface area (Å²) >= 11 is 0. The predicted octanol–water partition coefficient (Wildman–Crippen LogP) is 1.86. The van der Waals surface area contributed by atoms with Gasteiger partial charge in [0.25, 0.3) is 0 Å². The van der Waals surface area contributed by atoms with Gasteiger partial charge in [0.05, 0.1) is 11.8 Å². The van der Waals surface area contributed by atoms with Crippen molar-refractivity contribution in [2.75, 3.05) is 6.26 Å². The van der Waals surface area contributed by atoms with Gasteiger partial charge >= 0.3 is 0 Å². The molecule has 0 aromatic heterocycles. The Kier molecular flexibility index (Phi) is 3.52. The van der Waals surface area contributed by atoms with Crippen LogP contribution < -0.4 is 4.72 Å². The van der Waals surface area contributed by atoms with Crippen molar-refractivity contribution in [3.05, 3.63) is 35.9 Å². The second-order valence-corrected chi connectivity index (χ2v) is 5.67. The fourth-order valence-corrected chi connectivity index (χ4v) is 2.63. The standard InChI is InChI=1S/C11H17NO2S/c1-4-11(2,12-15(3,13)14)10-8-6-5-7-9-10/h5-9,12H,4H2,1-3H3/t11-/m1/s1.